The van der Waals surface area contributed by atoms with Crippen molar-refractivity contribution >= 4 is 43.5 Å². The zero-order chi connectivity index (χ0) is 10.7. The van der Waals surface area contributed by atoms with Gasteiger partial charge in [-0.3, -0.25) is 0 Å². The van der Waals surface area contributed by atoms with Crippen molar-refractivity contribution in [3.8, 4) is 5.75 Å². The molecule has 0 aromatic heterocycles. The summed E-state index contributed by atoms with van der Waals surface area (Å²) in [5, 5.41) is 0. The minimum absolute atomic E-state index is 0.00933. The number of aliphatic imine (C=N–C) groups is 1. The van der Waals surface area contributed by atoms with Crippen LogP contribution in [0.5, 0.6) is 5.75 Å². The van der Waals surface area contributed by atoms with Gasteiger partial charge in [0.1, 0.15) is 5.75 Å². The van der Waals surface area contributed by atoms with E-state index in [-0.39, 0.29) is 5.96 Å². The van der Waals surface area contributed by atoms with Crippen LogP contribution in [0.15, 0.2) is 26.1 Å². The quantitative estimate of drug-likeness (QED) is 0.647. The van der Waals surface area contributed by atoms with Gasteiger partial charge in [0.2, 0.25) is 0 Å². The number of methoxy groups -OCH3 is 1. The number of ether oxygens (including phenoxy) is 1. The molecule has 1 aromatic carbocycles. The highest BCUT2D eigenvalue weighted by atomic mass is 79.9. The van der Waals surface area contributed by atoms with Crippen LogP contribution in [-0.2, 0) is 0 Å². The molecule has 0 spiro atoms. The van der Waals surface area contributed by atoms with Crippen molar-refractivity contribution < 1.29 is 4.74 Å². The summed E-state index contributed by atoms with van der Waals surface area (Å²) in [5.41, 5.74) is 11.2. The summed E-state index contributed by atoms with van der Waals surface area (Å²) in [4.78, 5) is 3.93. The zero-order valence-corrected chi connectivity index (χ0v) is 10.6. The van der Waals surface area contributed by atoms with Crippen LogP contribution in [0.25, 0.3) is 0 Å². The lowest BCUT2D eigenvalue weighted by atomic mass is 10.3. The third-order valence-electron chi connectivity index (χ3n) is 1.47. The van der Waals surface area contributed by atoms with Gasteiger partial charge in [-0.15, -0.1) is 0 Å². The Morgan fingerprint density at radius 2 is 1.93 bits per heavy atom. The summed E-state index contributed by atoms with van der Waals surface area (Å²) < 4.78 is 6.73. The molecule has 0 unspecified atom stereocenters. The van der Waals surface area contributed by atoms with Crippen LogP contribution >= 0.6 is 31.9 Å². The van der Waals surface area contributed by atoms with Gasteiger partial charge in [0.15, 0.2) is 5.96 Å². The van der Waals surface area contributed by atoms with E-state index in [1.165, 1.54) is 0 Å². The Morgan fingerprint density at radius 1 is 1.29 bits per heavy atom. The molecule has 0 saturated heterocycles. The van der Waals surface area contributed by atoms with E-state index in [1.54, 1.807) is 13.2 Å². The lowest BCUT2D eigenvalue weighted by Crippen LogP contribution is -2.21. The molecular weight excluding hydrogens is 314 g/mol. The maximum Gasteiger partial charge on any atom is 0.191 e. The van der Waals surface area contributed by atoms with Gasteiger partial charge < -0.3 is 16.2 Å². The van der Waals surface area contributed by atoms with E-state index in [2.05, 4.69) is 36.9 Å². The first-order valence-corrected chi connectivity index (χ1v) is 5.26. The van der Waals surface area contributed by atoms with Crippen LogP contribution in [0.1, 0.15) is 0 Å². The fourth-order valence-corrected chi connectivity index (χ4v) is 2.14. The lowest BCUT2D eigenvalue weighted by Gasteiger charge is -2.06. The van der Waals surface area contributed by atoms with Crippen molar-refractivity contribution in [1.29, 1.82) is 0 Å². The number of rotatable bonds is 2. The third-order valence-corrected chi connectivity index (χ3v) is 2.73. The molecule has 6 heteroatoms. The number of guanidine groups is 1. The molecule has 0 radical (unpaired) electrons. The highest BCUT2D eigenvalue weighted by Crippen LogP contribution is 2.35. The molecule has 1 rings (SSSR count). The van der Waals surface area contributed by atoms with Gasteiger partial charge in [-0.05, 0) is 37.9 Å². The summed E-state index contributed by atoms with van der Waals surface area (Å²) >= 11 is 6.68. The van der Waals surface area contributed by atoms with E-state index in [4.69, 9.17) is 16.2 Å². The summed E-state index contributed by atoms with van der Waals surface area (Å²) in [6.07, 6.45) is 0. The van der Waals surface area contributed by atoms with Crippen LogP contribution in [0.3, 0.4) is 0 Å². The fraction of sp³-hybridized carbons (Fsp3) is 0.125. The zero-order valence-electron chi connectivity index (χ0n) is 7.42. The maximum absolute atomic E-state index is 5.28. The number of nitrogens with two attached hydrogens (primary N) is 2. The number of hydrogen-bond acceptors (Lipinski definition) is 2. The molecule has 0 aliphatic heterocycles. The molecule has 0 saturated carbocycles. The Hall–Kier alpha value is -0.750. The fourth-order valence-electron chi connectivity index (χ4n) is 0.900. The first-order valence-electron chi connectivity index (χ1n) is 3.67. The Bertz CT molecular complexity index is 375. The third kappa shape index (κ3) is 2.62. The Labute approximate surface area is 98.6 Å². The maximum atomic E-state index is 5.28. The van der Waals surface area contributed by atoms with Crippen LogP contribution in [-0.4, -0.2) is 13.1 Å². The van der Waals surface area contributed by atoms with Crippen molar-refractivity contribution in [2.45, 2.75) is 0 Å². The van der Waals surface area contributed by atoms with Gasteiger partial charge in [-0.25, -0.2) is 4.99 Å². The predicted octanol–water partition coefficient (Wildman–Crippen LogP) is 2.13. The molecular formula is C8H9Br2N3O. The van der Waals surface area contributed by atoms with Gasteiger partial charge in [0.05, 0.1) is 17.3 Å². The molecule has 4 nitrogen and oxygen atoms in total. The van der Waals surface area contributed by atoms with Crippen LogP contribution in [0.2, 0.25) is 0 Å². The van der Waals surface area contributed by atoms with Crippen molar-refractivity contribution in [3.05, 3.63) is 21.1 Å². The molecule has 0 aliphatic rings. The van der Waals surface area contributed by atoms with E-state index in [9.17, 15) is 0 Å². The predicted molar refractivity (Wildman–Crippen MR) is 63.9 cm³/mol. The minimum Gasteiger partial charge on any atom is -0.495 e. The van der Waals surface area contributed by atoms with Crippen molar-refractivity contribution in [2.24, 2.45) is 16.5 Å². The second kappa shape index (κ2) is 4.65. The average Bonchev–Trinajstić information content (AvgIpc) is 2.09. The highest BCUT2D eigenvalue weighted by molar-refractivity contribution is 9.11. The number of hydrogen-bond donors (Lipinski definition) is 2. The van der Waals surface area contributed by atoms with Gasteiger partial charge >= 0.3 is 0 Å². The molecule has 14 heavy (non-hydrogen) atoms. The van der Waals surface area contributed by atoms with Crippen LogP contribution in [0.4, 0.5) is 5.69 Å². The summed E-state index contributed by atoms with van der Waals surface area (Å²) in [6.45, 7) is 0. The van der Waals surface area contributed by atoms with Crippen molar-refractivity contribution in [1.82, 2.24) is 0 Å². The van der Waals surface area contributed by atoms with Crippen molar-refractivity contribution in [2.75, 3.05) is 7.11 Å². The molecule has 0 fully saturated rings. The van der Waals surface area contributed by atoms with Gasteiger partial charge in [-0.2, -0.15) is 0 Å². The second-order valence-electron chi connectivity index (χ2n) is 2.47. The molecule has 0 amide bonds. The van der Waals surface area contributed by atoms with E-state index >= 15 is 0 Å². The monoisotopic (exact) mass is 321 g/mol. The smallest absolute Gasteiger partial charge is 0.191 e. The van der Waals surface area contributed by atoms with E-state index in [1.807, 2.05) is 6.07 Å². The van der Waals surface area contributed by atoms with Crippen LogP contribution < -0.4 is 16.2 Å². The summed E-state index contributed by atoms with van der Waals surface area (Å²) in [5.74, 6) is 0.684. The molecule has 76 valence electrons. The topological polar surface area (TPSA) is 73.6 Å². The van der Waals surface area contributed by atoms with Crippen molar-refractivity contribution in [3.63, 3.8) is 0 Å². The van der Waals surface area contributed by atoms with E-state index in [0.717, 1.165) is 8.95 Å². The van der Waals surface area contributed by atoms with Gasteiger partial charge in [0, 0.05) is 10.5 Å². The van der Waals surface area contributed by atoms with E-state index in [0.29, 0.717) is 11.4 Å². The van der Waals surface area contributed by atoms with Gasteiger partial charge in [-0.1, -0.05) is 0 Å². The number of benzene rings is 1. The molecule has 0 heterocycles. The second-order valence-corrected chi connectivity index (χ2v) is 4.18. The average molecular weight is 323 g/mol. The van der Waals surface area contributed by atoms with Gasteiger partial charge in [0.25, 0.3) is 0 Å². The molecule has 0 bridgehead atoms. The molecule has 0 aliphatic carbocycles. The Balaban J connectivity index is 3.24. The number of halogens is 2. The number of nitrogens with zero attached hydrogens (tertiary/aromatic N) is 1. The normalized spacial score (nSPS) is 9.64. The molecule has 0 atom stereocenters. The first kappa shape index (κ1) is 11.3. The SMILES string of the molecule is COc1cc(N=C(N)N)c(Br)cc1Br. The standard InChI is InChI=1S/C8H9Br2N3O/c1-14-7-3-6(13-8(11)12)4(9)2-5(7)10/h2-3H,1H3,(H4,11,12,13). The molecule has 4 N–H and O–H groups in total. The summed E-state index contributed by atoms with van der Waals surface area (Å²) in [6, 6.07) is 3.55. The summed E-state index contributed by atoms with van der Waals surface area (Å²) in [7, 11) is 1.58. The largest absolute Gasteiger partial charge is 0.495 e. The molecule has 1 aromatic rings. The highest BCUT2D eigenvalue weighted by Gasteiger charge is 2.06. The van der Waals surface area contributed by atoms with E-state index < -0.39 is 0 Å². The first-order chi connectivity index (χ1) is 6.54. The lowest BCUT2D eigenvalue weighted by molar-refractivity contribution is 0.412. The van der Waals surface area contributed by atoms with Crippen LogP contribution in [0, 0.1) is 0 Å². The Morgan fingerprint density at radius 3 is 2.43 bits per heavy atom. The minimum atomic E-state index is 0.00933. The Kier molecular flexibility index (Phi) is 3.77.